The first-order valence-electron chi connectivity index (χ1n) is 4.97. The summed E-state index contributed by atoms with van der Waals surface area (Å²) in [7, 11) is 0. The van der Waals surface area contributed by atoms with Gasteiger partial charge in [0.25, 0.3) is 0 Å². The smallest absolute Gasteiger partial charge is 0.0681 e. The zero-order valence-electron chi connectivity index (χ0n) is 8.03. The Balaban J connectivity index is 1.87. The first-order chi connectivity index (χ1) is 6.21. The van der Waals surface area contributed by atoms with E-state index >= 15 is 0 Å². The molecule has 0 aliphatic heterocycles. The highest BCUT2D eigenvalue weighted by atomic mass is 16.3. The van der Waals surface area contributed by atoms with E-state index in [0.717, 1.165) is 19.3 Å². The standard InChI is InChI=1S/C12H16O/c1-10-9-12(10,13)8-7-11-5-3-2-4-6-11/h2-6,10,13H,7-9H2,1H3/t10-,12-/m0/s1. The van der Waals surface area contributed by atoms with Gasteiger partial charge in [-0.2, -0.15) is 0 Å². The van der Waals surface area contributed by atoms with Gasteiger partial charge in [0.2, 0.25) is 0 Å². The van der Waals surface area contributed by atoms with Gasteiger partial charge in [0, 0.05) is 0 Å². The average molecular weight is 176 g/mol. The monoisotopic (exact) mass is 176 g/mol. The Kier molecular flexibility index (Phi) is 2.12. The molecule has 1 saturated carbocycles. The Hall–Kier alpha value is -0.820. The summed E-state index contributed by atoms with van der Waals surface area (Å²) in [6.07, 6.45) is 2.90. The minimum Gasteiger partial charge on any atom is -0.390 e. The molecule has 0 saturated heterocycles. The lowest BCUT2D eigenvalue weighted by Gasteiger charge is -2.08. The van der Waals surface area contributed by atoms with Gasteiger partial charge in [-0.1, -0.05) is 37.3 Å². The van der Waals surface area contributed by atoms with Gasteiger partial charge in [0.05, 0.1) is 5.60 Å². The Morgan fingerprint density at radius 3 is 2.54 bits per heavy atom. The molecule has 70 valence electrons. The predicted molar refractivity (Wildman–Crippen MR) is 53.5 cm³/mol. The van der Waals surface area contributed by atoms with Crippen molar-refractivity contribution in [2.24, 2.45) is 5.92 Å². The molecule has 0 heterocycles. The molecule has 2 rings (SSSR count). The Labute approximate surface area is 79.4 Å². The third-order valence-corrected chi connectivity index (χ3v) is 3.11. The molecule has 13 heavy (non-hydrogen) atoms. The predicted octanol–water partition coefficient (Wildman–Crippen LogP) is 2.39. The number of hydrogen-bond donors (Lipinski definition) is 1. The zero-order chi connectivity index (χ0) is 9.31. The van der Waals surface area contributed by atoms with E-state index in [-0.39, 0.29) is 5.60 Å². The van der Waals surface area contributed by atoms with Crippen molar-refractivity contribution < 1.29 is 5.11 Å². The van der Waals surface area contributed by atoms with Crippen molar-refractivity contribution in [3.8, 4) is 0 Å². The molecule has 0 unspecified atom stereocenters. The highest BCUT2D eigenvalue weighted by Gasteiger charge is 2.48. The van der Waals surface area contributed by atoms with Crippen LogP contribution in [0.1, 0.15) is 25.3 Å². The first kappa shape index (κ1) is 8.76. The molecule has 0 amide bonds. The largest absolute Gasteiger partial charge is 0.390 e. The van der Waals surface area contributed by atoms with Crippen molar-refractivity contribution in [2.45, 2.75) is 31.8 Å². The summed E-state index contributed by atoms with van der Waals surface area (Å²) in [6.45, 7) is 2.12. The SMILES string of the molecule is C[C@H]1C[C@@]1(O)CCc1ccccc1. The van der Waals surface area contributed by atoms with Gasteiger partial charge >= 0.3 is 0 Å². The van der Waals surface area contributed by atoms with E-state index in [1.807, 2.05) is 6.07 Å². The topological polar surface area (TPSA) is 20.2 Å². The third kappa shape index (κ3) is 1.92. The lowest BCUT2D eigenvalue weighted by Crippen LogP contribution is -2.10. The highest BCUT2D eigenvalue weighted by molar-refractivity contribution is 5.16. The van der Waals surface area contributed by atoms with Crippen LogP contribution in [0.4, 0.5) is 0 Å². The Bertz CT molecular complexity index is 280. The molecule has 1 fully saturated rings. The molecule has 0 radical (unpaired) electrons. The van der Waals surface area contributed by atoms with E-state index in [4.69, 9.17) is 0 Å². The molecule has 1 nitrogen and oxygen atoms in total. The molecule has 0 aromatic heterocycles. The zero-order valence-corrected chi connectivity index (χ0v) is 8.03. The van der Waals surface area contributed by atoms with Crippen molar-refractivity contribution in [1.82, 2.24) is 0 Å². The van der Waals surface area contributed by atoms with E-state index in [2.05, 4.69) is 31.2 Å². The summed E-state index contributed by atoms with van der Waals surface area (Å²) in [5.74, 6) is 0.510. The summed E-state index contributed by atoms with van der Waals surface area (Å²) in [4.78, 5) is 0. The summed E-state index contributed by atoms with van der Waals surface area (Å²) >= 11 is 0. The fourth-order valence-electron chi connectivity index (χ4n) is 1.83. The van der Waals surface area contributed by atoms with Gasteiger partial charge in [-0.15, -0.1) is 0 Å². The molecular weight excluding hydrogens is 160 g/mol. The molecule has 0 spiro atoms. The van der Waals surface area contributed by atoms with Crippen molar-refractivity contribution in [3.05, 3.63) is 35.9 Å². The maximum atomic E-state index is 9.86. The molecular formula is C12H16O. The summed E-state index contributed by atoms with van der Waals surface area (Å²) in [5, 5.41) is 9.86. The lowest BCUT2D eigenvalue weighted by molar-refractivity contribution is 0.124. The lowest BCUT2D eigenvalue weighted by atomic mass is 10.0. The number of aryl methyl sites for hydroxylation is 1. The van der Waals surface area contributed by atoms with Crippen LogP contribution in [0.25, 0.3) is 0 Å². The van der Waals surface area contributed by atoms with Crippen LogP contribution in [0, 0.1) is 5.92 Å². The molecule has 2 atom stereocenters. The van der Waals surface area contributed by atoms with Crippen molar-refractivity contribution in [3.63, 3.8) is 0 Å². The number of rotatable bonds is 3. The van der Waals surface area contributed by atoms with Gasteiger partial charge in [-0.25, -0.2) is 0 Å². The van der Waals surface area contributed by atoms with Crippen LogP contribution in [0.2, 0.25) is 0 Å². The van der Waals surface area contributed by atoms with Gasteiger partial charge in [0.1, 0.15) is 0 Å². The fraction of sp³-hybridized carbons (Fsp3) is 0.500. The number of hydrogen-bond acceptors (Lipinski definition) is 1. The van der Waals surface area contributed by atoms with E-state index in [1.165, 1.54) is 5.56 Å². The van der Waals surface area contributed by atoms with Crippen LogP contribution in [0.3, 0.4) is 0 Å². The summed E-state index contributed by atoms with van der Waals surface area (Å²) in [5.41, 5.74) is 0.991. The van der Waals surface area contributed by atoms with Gasteiger partial charge in [-0.05, 0) is 30.7 Å². The van der Waals surface area contributed by atoms with E-state index < -0.39 is 0 Å². The van der Waals surface area contributed by atoms with Crippen molar-refractivity contribution in [1.29, 1.82) is 0 Å². The van der Waals surface area contributed by atoms with Crippen LogP contribution in [-0.4, -0.2) is 10.7 Å². The van der Waals surface area contributed by atoms with Crippen molar-refractivity contribution in [2.75, 3.05) is 0 Å². The van der Waals surface area contributed by atoms with E-state index in [0.29, 0.717) is 5.92 Å². The molecule has 1 aromatic carbocycles. The second-order valence-electron chi connectivity index (χ2n) is 4.19. The van der Waals surface area contributed by atoms with Gasteiger partial charge < -0.3 is 5.11 Å². The molecule has 1 aliphatic carbocycles. The van der Waals surface area contributed by atoms with Crippen LogP contribution in [-0.2, 0) is 6.42 Å². The first-order valence-corrected chi connectivity index (χ1v) is 4.97. The molecule has 1 N–H and O–H groups in total. The number of benzene rings is 1. The molecule has 1 aliphatic rings. The highest BCUT2D eigenvalue weighted by Crippen LogP contribution is 2.46. The van der Waals surface area contributed by atoms with Crippen LogP contribution >= 0.6 is 0 Å². The average Bonchev–Trinajstić information content (AvgIpc) is 2.74. The normalized spacial score (nSPS) is 31.7. The maximum Gasteiger partial charge on any atom is 0.0681 e. The molecule has 1 aromatic rings. The minimum absolute atomic E-state index is 0.337. The third-order valence-electron chi connectivity index (χ3n) is 3.11. The van der Waals surface area contributed by atoms with Gasteiger partial charge in [0.15, 0.2) is 0 Å². The summed E-state index contributed by atoms with van der Waals surface area (Å²) in [6, 6.07) is 10.4. The number of aliphatic hydroxyl groups is 1. The van der Waals surface area contributed by atoms with Crippen LogP contribution in [0.15, 0.2) is 30.3 Å². The van der Waals surface area contributed by atoms with E-state index in [9.17, 15) is 5.11 Å². The van der Waals surface area contributed by atoms with Gasteiger partial charge in [-0.3, -0.25) is 0 Å². The Morgan fingerprint density at radius 2 is 2.00 bits per heavy atom. The second kappa shape index (κ2) is 3.15. The van der Waals surface area contributed by atoms with Crippen LogP contribution < -0.4 is 0 Å². The Morgan fingerprint density at radius 1 is 1.38 bits per heavy atom. The maximum absolute atomic E-state index is 9.86. The molecule has 1 heteroatoms. The van der Waals surface area contributed by atoms with Crippen molar-refractivity contribution >= 4 is 0 Å². The van der Waals surface area contributed by atoms with Crippen LogP contribution in [0.5, 0.6) is 0 Å². The minimum atomic E-state index is -0.337. The fourth-order valence-corrected chi connectivity index (χ4v) is 1.83. The summed E-state index contributed by atoms with van der Waals surface area (Å²) < 4.78 is 0. The quantitative estimate of drug-likeness (QED) is 0.749. The molecule has 0 bridgehead atoms. The van der Waals surface area contributed by atoms with E-state index in [1.54, 1.807) is 0 Å². The second-order valence-corrected chi connectivity index (χ2v) is 4.19.